The largest absolute Gasteiger partial charge is 0.468 e. The first-order valence-corrected chi connectivity index (χ1v) is 7.57. The number of hydrogen-bond donors (Lipinski definition) is 1. The third kappa shape index (κ3) is 5.03. The van der Waals surface area contributed by atoms with Gasteiger partial charge in [0, 0.05) is 24.7 Å². The zero-order chi connectivity index (χ0) is 15.2. The lowest BCUT2D eigenvalue weighted by molar-refractivity contribution is 0.285. The van der Waals surface area contributed by atoms with Crippen LogP contribution in [-0.2, 0) is 19.6 Å². The Labute approximate surface area is 128 Å². The van der Waals surface area contributed by atoms with E-state index in [0.717, 1.165) is 25.4 Å². The molecule has 0 saturated carbocycles. The number of hydrogen-bond acceptors (Lipinski definition) is 3. The number of aryl methyl sites for hydroxylation is 1. The Morgan fingerprint density at radius 2 is 2.00 bits per heavy atom. The lowest BCUT2D eigenvalue weighted by Crippen LogP contribution is -2.23. The summed E-state index contributed by atoms with van der Waals surface area (Å²) in [6, 6.07) is 11.2. The molecule has 1 heterocycles. The van der Waals surface area contributed by atoms with E-state index in [9.17, 15) is 0 Å². The van der Waals surface area contributed by atoms with Crippen LogP contribution in [0.4, 0.5) is 0 Å². The van der Waals surface area contributed by atoms with Crippen LogP contribution in [0.15, 0.2) is 41.0 Å². The van der Waals surface area contributed by atoms with Crippen LogP contribution < -0.4 is 5.32 Å². The van der Waals surface area contributed by atoms with Crippen molar-refractivity contribution >= 4 is 0 Å². The maximum Gasteiger partial charge on any atom is 0.122 e. The molecule has 0 aliphatic rings. The van der Waals surface area contributed by atoms with Crippen LogP contribution in [0, 0.1) is 6.92 Å². The second-order valence-electron chi connectivity index (χ2n) is 6.07. The lowest BCUT2D eigenvalue weighted by atomic mass is 10.1. The highest BCUT2D eigenvalue weighted by molar-refractivity contribution is 5.22. The highest BCUT2D eigenvalue weighted by Crippen LogP contribution is 2.15. The van der Waals surface area contributed by atoms with Crippen molar-refractivity contribution in [3.8, 4) is 0 Å². The first kappa shape index (κ1) is 15.8. The average molecular weight is 286 g/mol. The van der Waals surface area contributed by atoms with Crippen LogP contribution in [0.25, 0.3) is 0 Å². The molecule has 2 rings (SSSR count). The van der Waals surface area contributed by atoms with Gasteiger partial charge in [-0.3, -0.25) is 4.90 Å². The van der Waals surface area contributed by atoms with Gasteiger partial charge in [0.1, 0.15) is 5.76 Å². The fraction of sp³-hybridized carbons (Fsp3) is 0.444. The van der Waals surface area contributed by atoms with Gasteiger partial charge < -0.3 is 9.73 Å². The molecule has 0 spiro atoms. The van der Waals surface area contributed by atoms with Crippen molar-refractivity contribution in [2.45, 2.75) is 46.4 Å². The Balaban J connectivity index is 1.93. The highest BCUT2D eigenvalue weighted by atomic mass is 16.3. The van der Waals surface area contributed by atoms with E-state index >= 15 is 0 Å². The van der Waals surface area contributed by atoms with E-state index in [1.165, 1.54) is 16.7 Å². The molecule has 0 saturated heterocycles. The van der Waals surface area contributed by atoms with Crippen molar-refractivity contribution in [2.24, 2.45) is 0 Å². The summed E-state index contributed by atoms with van der Waals surface area (Å²) in [6.45, 7) is 9.07. The smallest absolute Gasteiger partial charge is 0.122 e. The maximum atomic E-state index is 5.65. The Morgan fingerprint density at radius 1 is 1.19 bits per heavy atom. The number of benzene rings is 1. The van der Waals surface area contributed by atoms with Crippen LogP contribution in [0.2, 0.25) is 0 Å². The molecule has 1 aromatic heterocycles. The Hall–Kier alpha value is -1.58. The predicted octanol–water partition coefficient (Wildman–Crippen LogP) is 3.72. The number of furan rings is 1. The van der Waals surface area contributed by atoms with E-state index in [-0.39, 0.29) is 0 Å². The SMILES string of the molecule is Cc1cccc(CN(C)Cc2occc2CNC(C)C)c1. The van der Waals surface area contributed by atoms with Gasteiger partial charge in [0.05, 0.1) is 12.8 Å². The molecule has 21 heavy (non-hydrogen) atoms. The standard InChI is InChI=1S/C18H26N2O/c1-14(2)19-11-17-8-9-21-18(17)13-20(4)12-16-7-5-6-15(3)10-16/h5-10,14,19H,11-13H2,1-4H3. The molecule has 1 aromatic carbocycles. The molecule has 0 bridgehead atoms. The zero-order valence-electron chi connectivity index (χ0n) is 13.5. The second-order valence-corrected chi connectivity index (χ2v) is 6.07. The zero-order valence-corrected chi connectivity index (χ0v) is 13.5. The minimum absolute atomic E-state index is 0.484. The van der Waals surface area contributed by atoms with Crippen molar-refractivity contribution in [3.05, 3.63) is 59.0 Å². The van der Waals surface area contributed by atoms with Gasteiger partial charge in [0.25, 0.3) is 0 Å². The van der Waals surface area contributed by atoms with Gasteiger partial charge in [0.2, 0.25) is 0 Å². The fourth-order valence-electron chi connectivity index (χ4n) is 2.40. The molecular weight excluding hydrogens is 260 g/mol. The number of nitrogens with zero attached hydrogens (tertiary/aromatic N) is 1. The molecule has 3 nitrogen and oxygen atoms in total. The quantitative estimate of drug-likeness (QED) is 0.841. The van der Waals surface area contributed by atoms with Crippen molar-refractivity contribution in [1.82, 2.24) is 10.2 Å². The molecule has 2 aromatic rings. The van der Waals surface area contributed by atoms with Gasteiger partial charge in [-0.15, -0.1) is 0 Å². The molecule has 0 amide bonds. The molecule has 0 unspecified atom stereocenters. The lowest BCUT2D eigenvalue weighted by Gasteiger charge is -2.17. The molecule has 1 N–H and O–H groups in total. The van der Waals surface area contributed by atoms with Gasteiger partial charge in [0.15, 0.2) is 0 Å². The van der Waals surface area contributed by atoms with Gasteiger partial charge in [-0.1, -0.05) is 43.7 Å². The average Bonchev–Trinajstić information content (AvgIpc) is 2.83. The Morgan fingerprint density at radius 3 is 2.71 bits per heavy atom. The number of rotatable bonds is 7. The molecule has 114 valence electrons. The topological polar surface area (TPSA) is 28.4 Å². The summed E-state index contributed by atoms with van der Waals surface area (Å²) in [4.78, 5) is 2.28. The van der Waals surface area contributed by atoms with Crippen LogP contribution >= 0.6 is 0 Å². The van der Waals surface area contributed by atoms with Crippen LogP contribution in [0.1, 0.15) is 36.3 Å². The minimum atomic E-state index is 0.484. The third-order valence-electron chi connectivity index (χ3n) is 3.49. The summed E-state index contributed by atoms with van der Waals surface area (Å²) in [5, 5.41) is 3.44. The predicted molar refractivity (Wildman–Crippen MR) is 87.0 cm³/mol. The fourth-order valence-corrected chi connectivity index (χ4v) is 2.40. The molecule has 0 radical (unpaired) electrons. The molecule has 0 aliphatic heterocycles. The summed E-state index contributed by atoms with van der Waals surface area (Å²) in [6.07, 6.45) is 1.78. The molecular formula is C18H26N2O. The van der Waals surface area contributed by atoms with E-state index < -0.39 is 0 Å². The van der Waals surface area contributed by atoms with E-state index in [0.29, 0.717) is 6.04 Å². The summed E-state index contributed by atoms with van der Waals surface area (Å²) >= 11 is 0. The second kappa shape index (κ2) is 7.43. The van der Waals surface area contributed by atoms with Crippen molar-refractivity contribution in [1.29, 1.82) is 0 Å². The number of nitrogens with one attached hydrogen (secondary N) is 1. The van der Waals surface area contributed by atoms with Crippen molar-refractivity contribution in [2.75, 3.05) is 7.05 Å². The van der Waals surface area contributed by atoms with Gasteiger partial charge in [-0.25, -0.2) is 0 Å². The van der Waals surface area contributed by atoms with E-state index in [2.05, 4.69) is 68.4 Å². The summed E-state index contributed by atoms with van der Waals surface area (Å²) < 4.78 is 5.65. The van der Waals surface area contributed by atoms with E-state index in [4.69, 9.17) is 4.42 Å². The van der Waals surface area contributed by atoms with E-state index in [1.54, 1.807) is 6.26 Å². The van der Waals surface area contributed by atoms with Gasteiger partial charge in [-0.2, -0.15) is 0 Å². The summed E-state index contributed by atoms with van der Waals surface area (Å²) in [7, 11) is 2.13. The van der Waals surface area contributed by atoms with E-state index in [1.807, 2.05) is 0 Å². The molecule has 0 fully saturated rings. The first-order valence-electron chi connectivity index (χ1n) is 7.57. The summed E-state index contributed by atoms with van der Waals surface area (Å²) in [5.41, 5.74) is 3.89. The molecule has 0 atom stereocenters. The Kier molecular flexibility index (Phi) is 5.59. The minimum Gasteiger partial charge on any atom is -0.468 e. The van der Waals surface area contributed by atoms with Crippen molar-refractivity contribution < 1.29 is 4.42 Å². The van der Waals surface area contributed by atoms with Gasteiger partial charge in [-0.05, 0) is 25.6 Å². The van der Waals surface area contributed by atoms with Crippen LogP contribution in [0.5, 0.6) is 0 Å². The van der Waals surface area contributed by atoms with Gasteiger partial charge >= 0.3 is 0 Å². The normalized spacial score (nSPS) is 11.5. The first-order chi connectivity index (χ1) is 10.0. The monoisotopic (exact) mass is 286 g/mol. The van der Waals surface area contributed by atoms with Crippen LogP contribution in [-0.4, -0.2) is 18.0 Å². The maximum absolute atomic E-state index is 5.65. The van der Waals surface area contributed by atoms with Crippen molar-refractivity contribution in [3.63, 3.8) is 0 Å². The summed E-state index contributed by atoms with van der Waals surface area (Å²) in [5.74, 6) is 1.05. The molecule has 3 heteroatoms. The third-order valence-corrected chi connectivity index (χ3v) is 3.49. The Bertz CT molecular complexity index is 560. The highest BCUT2D eigenvalue weighted by Gasteiger charge is 2.10. The van der Waals surface area contributed by atoms with Crippen LogP contribution in [0.3, 0.4) is 0 Å². The molecule has 0 aliphatic carbocycles.